The summed E-state index contributed by atoms with van der Waals surface area (Å²) in [5, 5.41) is 0.782. The minimum atomic E-state index is -4.55. The van der Waals surface area contributed by atoms with Crippen LogP contribution in [0.5, 0.6) is 0 Å². The summed E-state index contributed by atoms with van der Waals surface area (Å²) in [5.74, 6) is -2.00. The molecule has 0 aliphatic rings. The molecule has 4 nitrogen and oxygen atoms in total. The van der Waals surface area contributed by atoms with Gasteiger partial charge in [-0.1, -0.05) is 6.07 Å². The fourth-order valence-corrected chi connectivity index (χ4v) is 3.98. The van der Waals surface area contributed by atoms with Gasteiger partial charge in [0.15, 0.2) is 9.84 Å². The standard InChI is InChI=1S/C11H14F3NO3S2/c1-8(9-4-3-5-19-9)20(17,18)6-10(16)15(2)7-11(12,13)14/h3-5,8H,6-7H2,1-2H3/t8-/m1/s1. The van der Waals surface area contributed by atoms with E-state index in [1.807, 2.05) is 0 Å². The summed E-state index contributed by atoms with van der Waals surface area (Å²) in [6.07, 6.45) is -4.55. The highest BCUT2D eigenvalue weighted by Crippen LogP contribution is 2.26. The van der Waals surface area contributed by atoms with Crippen molar-refractivity contribution in [2.45, 2.75) is 18.3 Å². The summed E-state index contributed by atoms with van der Waals surface area (Å²) in [6, 6.07) is 3.28. The van der Waals surface area contributed by atoms with Crippen molar-refractivity contribution in [3.05, 3.63) is 22.4 Å². The molecule has 0 bridgehead atoms. The highest BCUT2D eigenvalue weighted by Gasteiger charge is 2.34. The van der Waals surface area contributed by atoms with Crippen molar-refractivity contribution >= 4 is 27.1 Å². The minimum absolute atomic E-state index is 0.374. The molecule has 0 saturated heterocycles. The zero-order valence-electron chi connectivity index (χ0n) is 10.8. The Labute approximate surface area is 119 Å². The van der Waals surface area contributed by atoms with E-state index in [1.54, 1.807) is 17.5 Å². The summed E-state index contributed by atoms with van der Waals surface area (Å²) in [4.78, 5) is 12.5. The smallest absolute Gasteiger partial charge is 0.336 e. The van der Waals surface area contributed by atoms with Crippen LogP contribution in [-0.2, 0) is 14.6 Å². The summed E-state index contributed by atoms with van der Waals surface area (Å²) in [7, 11) is -2.90. The van der Waals surface area contributed by atoms with E-state index in [-0.39, 0.29) is 0 Å². The maximum absolute atomic E-state index is 12.1. The van der Waals surface area contributed by atoms with Gasteiger partial charge in [0, 0.05) is 11.9 Å². The molecule has 1 amide bonds. The van der Waals surface area contributed by atoms with E-state index >= 15 is 0 Å². The van der Waals surface area contributed by atoms with Crippen LogP contribution in [0.3, 0.4) is 0 Å². The quantitative estimate of drug-likeness (QED) is 0.832. The molecule has 0 radical (unpaired) electrons. The average Bonchev–Trinajstić information content (AvgIpc) is 2.78. The van der Waals surface area contributed by atoms with Gasteiger partial charge < -0.3 is 4.90 Å². The van der Waals surface area contributed by atoms with E-state index in [9.17, 15) is 26.4 Å². The van der Waals surface area contributed by atoms with E-state index in [0.29, 0.717) is 9.78 Å². The Kier molecular flexibility index (Phi) is 5.20. The molecule has 114 valence electrons. The van der Waals surface area contributed by atoms with E-state index in [4.69, 9.17) is 0 Å². The largest absolute Gasteiger partial charge is 0.406 e. The molecule has 20 heavy (non-hydrogen) atoms. The number of sulfone groups is 1. The number of hydrogen-bond acceptors (Lipinski definition) is 4. The van der Waals surface area contributed by atoms with Crippen LogP contribution in [-0.4, -0.2) is 44.7 Å². The van der Waals surface area contributed by atoms with Gasteiger partial charge in [-0.15, -0.1) is 11.3 Å². The molecule has 0 unspecified atom stereocenters. The van der Waals surface area contributed by atoms with Crippen molar-refractivity contribution in [1.29, 1.82) is 0 Å². The Hall–Kier alpha value is -1.09. The first kappa shape index (κ1) is 17.0. The molecule has 1 rings (SSSR count). The predicted molar refractivity (Wildman–Crippen MR) is 70.2 cm³/mol. The Morgan fingerprint density at radius 3 is 2.50 bits per heavy atom. The highest BCUT2D eigenvalue weighted by molar-refractivity contribution is 7.92. The molecule has 0 aliphatic carbocycles. The van der Waals surface area contributed by atoms with Crippen LogP contribution in [0.1, 0.15) is 17.1 Å². The van der Waals surface area contributed by atoms with Crippen molar-refractivity contribution < 1.29 is 26.4 Å². The molecule has 0 spiro atoms. The van der Waals surface area contributed by atoms with Crippen molar-refractivity contribution in [2.24, 2.45) is 0 Å². The maximum Gasteiger partial charge on any atom is 0.406 e. The van der Waals surface area contributed by atoms with Crippen LogP contribution in [0.4, 0.5) is 13.2 Å². The monoisotopic (exact) mass is 329 g/mol. The second kappa shape index (κ2) is 6.13. The van der Waals surface area contributed by atoms with Gasteiger partial charge in [0.25, 0.3) is 0 Å². The van der Waals surface area contributed by atoms with E-state index in [0.717, 1.165) is 7.05 Å². The van der Waals surface area contributed by atoms with Gasteiger partial charge in [-0.2, -0.15) is 13.2 Å². The minimum Gasteiger partial charge on any atom is -0.336 e. The molecule has 0 N–H and O–H groups in total. The van der Waals surface area contributed by atoms with Gasteiger partial charge in [-0.25, -0.2) is 8.42 Å². The number of rotatable bonds is 5. The van der Waals surface area contributed by atoms with Crippen molar-refractivity contribution in [3.8, 4) is 0 Å². The number of amides is 1. The Balaban J connectivity index is 2.74. The van der Waals surface area contributed by atoms with E-state index < -0.39 is 39.5 Å². The summed E-state index contributed by atoms with van der Waals surface area (Å²) >= 11 is 1.22. The Bertz CT molecular complexity index is 552. The molecular formula is C11H14F3NO3S2. The molecule has 0 aliphatic heterocycles. The molecule has 0 saturated carbocycles. The molecule has 1 aromatic rings. The van der Waals surface area contributed by atoms with E-state index in [1.165, 1.54) is 18.3 Å². The molecular weight excluding hydrogens is 315 g/mol. The molecule has 1 aromatic heterocycles. The van der Waals surface area contributed by atoms with Crippen molar-refractivity contribution in [1.82, 2.24) is 4.90 Å². The van der Waals surface area contributed by atoms with Crippen LogP contribution in [0, 0.1) is 0 Å². The van der Waals surface area contributed by atoms with Crippen molar-refractivity contribution in [3.63, 3.8) is 0 Å². The molecule has 1 heterocycles. The number of halogens is 3. The van der Waals surface area contributed by atoms with Gasteiger partial charge >= 0.3 is 6.18 Å². The zero-order valence-corrected chi connectivity index (χ0v) is 12.5. The average molecular weight is 329 g/mol. The lowest BCUT2D eigenvalue weighted by atomic mass is 10.4. The van der Waals surface area contributed by atoms with Gasteiger partial charge in [0.2, 0.25) is 5.91 Å². The molecule has 0 fully saturated rings. The second-order valence-corrected chi connectivity index (χ2v) is 7.63. The summed E-state index contributed by atoms with van der Waals surface area (Å²) in [5.41, 5.74) is 0. The van der Waals surface area contributed by atoms with Crippen LogP contribution < -0.4 is 0 Å². The highest BCUT2D eigenvalue weighted by atomic mass is 32.2. The van der Waals surface area contributed by atoms with E-state index in [2.05, 4.69) is 0 Å². The SMILES string of the molecule is C[C@H](c1cccs1)S(=O)(=O)CC(=O)N(C)CC(F)(F)F. The van der Waals surface area contributed by atoms with Gasteiger partial charge in [0.05, 0.1) is 5.25 Å². The first-order valence-corrected chi connectivity index (χ1v) is 8.18. The summed E-state index contributed by atoms with van der Waals surface area (Å²) in [6.45, 7) is -0.0487. The number of thiophene rings is 1. The van der Waals surface area contributed by atoms with Gasteiger partial charge in [-0.3, -0.25) is 4.79 Å². The molecule has 0 aromatic carbocycles. The van der Waals surface area contributed by atoms with Gasteiger partial charge in [-0.05, 0) is 18.4 Å². The third kappa shape index (κ3) is 4.78. The van der Waals surface area contributed by atoms with Crippen molar-refractivity contribution in [2.75, 3.05) is 19.3 Å². The first-order valence-electron chi connectivity index (χ1n) is 5.58. The second-order valence-electron chi connectivity index (χ2n) is 4.33. The third-order valence-electron chi connectivity index (χ3n) is 2.65. The number of nitrogens with zero attached hydrogens (tertiary/aromatic N) is 1. The number of carbonyl (C=O) groups is 1. The topological polar surface area (TPSA) is 54.5 Å². The van der Waals surface area contributed by atoms with Crippen LogP contribution in [0.15, 0.2) is 17.5 Å². The zero-order chi connectivity index (χ0) is 15.6. The maximum atomic E-state index is 12.1. The number of hydrogen-bond donors (Lipinski definition) is 0. The third-order valence-corrected chi connectivity index (χ3v) is 5.83. The number of carbonyl (C=O) groups excluding carboxylic acids is 1. The van der Waals surface area contributed by atoms with Crippen LogP contribution >= 0.6 is 11.3 Å². The fraction of sp³-hybridized carbons (Fsp3) is 0.545. The van der Waals surface area contributed by atoms with Crippen LogP contribution in [0.2, 0.25) is 0 Å². The fourth-order valence-electron chi connectivity index (χ4n) is 1.46. The Morgan fingerprint density at radius 1 is 1.45 bits per heavy atom. The lowest BCUT2D eigenvalue weighted by molar-refractivity contribution is -0.156. The van der Waals surface area contributed by atoms with Crippen LogP contribution in [0.25, 0.3) is 0 Å². The normalized spacial score (nSPS) is 14.1. The first-order chi connectivity index (χ1) is 9.03. The lowest BCUT2D eigenvalue weighted by Gasteiger charge is -2.20. The lowest BCUT2D eigenvalue weighted by Crippen LogP contribution is -2.39. The molecule has 1 atom stereocenters. The number of alkyl halides is 3. The Morgan fingerprint density at radius 2 is 2.05 bits per heavy atom. The summed E-state index contributed by atoms with van der Waals surface area (Å²) < 4.78 is 60.4. The van der Waals surface area contributed by atoms with Gasteiger partial charge in [0.1, 0.15) is 12.3 Å². The predicted octanol–water partition coefficient (Wildman–Crippen LogP) is 2.24. The molecule has 9 heteroatoms.